The molecule has 9 heteroatoms. The van der Waals surface area contributed by atoms with Crippen LogP contribution in [0, 0.1) is 6.92 Å². The minimum absolute atomic E-state index is 0.0854. The average Bonchev–Trinajstić information content (AvgIpc) is 3.29. The Balaban J connectivity index is 1.83. The summed E-state index contributed by atoms with van der Waals surface area (Å²) in [6, 6.07) is 9.36. The van der Waals surface area contributed by atoms with E-state index in [4.69, 9.17) is 9.47 Å². The summed E-state index contributed by atoms with van der Waals surface area (Å²) in [5.74, 6) is -0.729. The molecule has 0 bridgehead atoms. The predicted molar refractivity (Wildman–Crippen MR) is 124 cm³/mol. The van der Waals surface area contributed by atoms with E-state index >= 15 is 0 Å². The van der Waals surface area contributed by atoms with Gasteiger partial charge < -0.3 is 19.6 Å². The number of aryl methyl sites for hydroxylation is 1. The SMILES string of the molecule is CCO[C@@H]1CCN(S(=O)(=O)c2c(OC)cc(C)c3[nH]ccc23)[C@@H](c2ccc(C(=O)O)cc2)C1. The summed E-state index contributed by atoms with van der Waals surface area (Å²) in [6.07, 6.45) is 2.68. The summed E-state index contributed by atoms with van der Waals surface area (Å²) < 4.78 is 41.1. The maximum absolute atomic E-state index is 14.1. The van der Waals surface area contributed by atoms with Gasteiger partial charge in [0.15, 0.2) is 0 Å². The van der Waals surface area contributed by atoms with Gasteiger partial charge in [0.2, 0.25) is 10.0 Å². The van der Waals surface area contributed by atoms with E-state index in [0.717, 1.165) is 16.6 Å². The van der Waals surface area contributed by atoms with Crippen molar-refractivity contribution in [2.45, 2.75) is 43.7 Å². The van der Waals surface area contributed by atoms with E-state index < -0.39 is 22.0 Å². The number of nitrogens with zero attached hydrogens (tertiary/aromatic N) is 1. The first kappa shape index (κ1) is 23.3. The summed E-state index contributed by atoms with van der Waals surface area (Å²) >= 11 is 0. The molecule has 1 aliphatic rings. The highest BCUT2D eigenvalue weighted by Crippen LogP contribution is 2.42. The summed E-state index contributed by atoms with van der Waals surface area (Å²) in [4.78, 5) is 14.5. The molecule has 0 saturated carbocycles. The number of piperidine rings is 1. The van der Waals surface area contributed by atoms with Crippen molar-refractivity contribution < 1.29 is 27.8 Å². The van der Waals surface area contributed by atoms with Crippen LogP contribution >= 0.6 is 0 Å². The molecule has 0 spiro atoms. The lowest BCUT2D eigenvalue weighted by Crippen LogP contribution is -2.43. The Morgan fingerprint density at radius 3 is 2.61 bits per heavy atom. The van der Waals surface area contributed by atoms with Gasteiger partial charge in [-0.05, 0) is 62.1 Å². The summed E-state index contributed by atoms with van der Waals surface area (Å²) in [5.41, 5.74) is 2.52. The number of hydrogen-bond donors (Lipinski definition) is 2. The van der Waals surface area contributed by atoms with E-state index in [1.165, 1.54) is 23.5 Å². The van der Waals surface area contributed by atoms with Gasteiger partial charge in [0.1, 0.15) is 10.6 Å². The number of benzene rings is 2. The van der Waals surface area contributed by atoms with Gasteiger partial charge in [-0.2, -0.15) is 4.31 Å². The smallest absolute Gasteiger partial charge is 0.335 e. The third kappa shape index (κ3) is 4.23. The molecule has 33 heavy (non-hydrogen) atoms. The van der Waals surface area contributed by atoms with Crippen LogP contribution in [0.25, 0.3) is 10.9 Å². The van der Waals surface area contributed by atoms with E-state index in [1.807, 2.05) is 13.8 Å². The molecule has 1 saturated heterocycles. The van der Waals surface area contributed by atoms with Gasteiger partial charge in [0.25, 0.3) is 0 Å². The molecule has 176 valence electrons. The van der Waals surface area contributed by atoms with E-state index in [-0.39, 0.29) is 23.1 Å². The summed E-state index contributed by atoms with van der Waals surface area (Å²) in [5, 5.41) is 9.83. The molecule has 0 aliphatic carbocycles. The third-order valence-corrected chi connectivity index (χ3v) is 8.19. The number of carboxylic acid groups (broad SMARTS) is 1. The Morgan fingerprint density at radius 2 is 1.97 bits per heavy atom. The molecule has 0 unspecified atom stereocenters. The van der Waals surface area contributed by atoms with Crippen molar-refractivity contribution in [1.29, 1.82) is 0 Å². The quantitative estimate of drug-likeness (QED) is 0.536. The molecule has 0 amide bonds. The van der Waals surface area contributed by atoms with Crippen molar-refractivity contribution in [3.05, 3.63) is 59.3 Å². The first-order chi connectivity index (χ1) is 15.8. The van der Waals surface area contributed by atoms with Crippen LogP contribution in [0.2, 0.25) is 0 Å². The Kier molecular flexibility index (Phi) is 6.47. The second-order valence-corrected chi connectivity index (χ2v) is 9.98. The number of H-pyrrole nitrogens is 1. The van der Waals surface area contributed by atoms with Crippen molar-refractivity contribution in [2.75, 3.05) is 20.3 Å². The van der Waals surface area contributed by atoms with Gasteiger partial charge in [0.05, 0.1) is 24.8 Å². The zero-order valence-electron chi connectivity index (χ0n) is 18.9. The molecule has 1 aliphatic heterocycles. The van der Waals surface area contributed by atoms with Crippen molar-refractivity contribution in [3.8, 4) is 5.75 Å². The number of aromatic carboxylic acids is 1. The lowest BCUT2D eigenvalue weighted by atomic mass is 9.94. The molecule has 8 nitrogen and oxygen atoms in total. The molecule has 3 aromatic rings. The largest absolute Gasteiger partial charge is 0.495 e. The molecule has 4 rings (SSSR count). The second kappa shape index (κ2) is 9.17. The number of aromatic nitrogens is 1. The standard InChI is InChI=1S/C24H28N2O6S/c1-4-32-18-10-12-26(20(14-18)16-5-7-17(8-6-16)24(27)28)33(29,30)23-19-9-11-25-22(19)15(2)13-21(23)31-3/h5-9,11,13,18,20,25H,4,10,12,14H2,1-3H3,(H,27,28)/t18-,20-/m1/s1. The van der Waals surface area contributed by atoms with Crippen LogP contribution in [0.3, 0.4) is 0 Å². The fourth-order valence-corrected chi connectivity index (χ4v) is 6.59. The number of hydrogen-bond acceptors (Lipinski definition) is 5. The second-order valence-electron chi connectivity index (χ2n) is 8.15. The molecule has 1 fully saturated rings. The molecule has 2 aromatic carbocycles. The van der Waals surface area contributed by atoms with E-state index in [9.17, 15) is 18.3 Å². The third-order valence-electron chi connectivity index (χ3n) is 6.19. The van der Waals surface area contributed by atoms with Gasteiger partial charge in [-0.1, -0.05) is 12.1 Å². The Hall–Kier alpha value is -2.88. The van der Waals surface area contributed by atoms with E-state index in [2.05, 4.69) is 4.98 Å². The van der Waals surface area contributed by atoms with E-state index in [0.29, 0.717) is 30.6 Å². The molecular weight excluding hydrogens is 444 g/mol. The number of sulfonamides is 1. The first-order valence-corrected chi connectivity index (χ1v) is 12.3. The van der Waals surface area contributed by atoms with Crippen LogP contribution in [0.4, 0.5) is 0 Å². The molecule has 0 radical (unpaired) electrons. The number of carboxylic acids is 1. The van der Waals surface area contributed by atoms with Gasteiger partial charge >= 0.3 is 5.97 Å². The number of fused-ring (bicyclic) bond motifs is 1. The first-order valence-electron chi connectivity index (χ1n) is 10.9. The maximum Gasteiger partial charge on any atom is 0.335 e. The van der Waals surface area contributed by atoms with Crippen molar-refractivity contribution >= 4 is 26.9 Å². The Labute approximate surface area is 193 Å². The number of rotatable bonds is 7. The monoisotopic (exact) mass is 472 g/mol. The summed E-state index contributed by atoms with van der Waals surface area (Å²) in [6.45, 7) is 4.64. The average molecular weight is 473 g/mol. The molecule has 2 N–H and O–H groups in total. The normalized spacial score (nSPS) is 19.6. The van der Waals surface area contributed by atoms with Crippen molar-refractivity contribution in [1.82, 2.24) is 9.29 Å². The predicted octanol–water partition coefficient (Wildman–Crippen LogP) is 4.11. The van der Waals surface area contributed by atoms with Crippen LogP contribution < -0.4 is 4.74 Å². The minimum atomic E-state index is -3.96. The highest BCUT2D eigenvalue weighted by Gasteiger charge is 2.40. The van der Waals surface area contributed by atoms with E-state index in [1.54, 1.807) is 30.5 Å². The zero-order valence-corrected chi connectivity index (χ0v) is 19.7. The number of aromatic amines is 1. The van der Waals surface area contributed by atoms with Gasteiger partial charge in [-0.25, -0.2) is 13.2 Å². The van der Waals surface area contributed by atoms with Gasteiger partial charge in [0, 0.05) is 30.3 Å². The Morgan fingerprint density at radius 1 is 1.24 bits per heavy atom. The molecule has 2 atom stereocenters. The van der Waals surface area contributed by atoms with Crippen LogP contribution in [-0.4, -0.2) is 55.1 Å². The van der Waals surface area contributed by atoms with Crippen LogP contribution in [0.1, 0.15) is 47.3 Å². The lowest BCUT2D eigenvalue weighted by molar-refractivity contribution is 0.0108. The molecule has 2 heterocycles. The number of ether oxygens (including phenoxy) is 2. The fraction of sp³-hybridized carbons (Fsp3) is 0.375. The topological polar surface area (TPSA) is 109 Å². The highest BCUT2D eigenvalue weighted by atomic mass is 32.2. The van der Waals surface area contributed by atoms with Crippen LogP contribution in [0.5, 0.6) is 5.75 Å². The molecular formula is C24H28N2O6S. The summed E-state index contributed by atoms with van der Waals surface area (Å²) in [7, 11) is -2.50. The number of nitrogens with one attached hydrogen (secondary N) is 1. The minimum Gasteiger partial charge on any atom is -0.495 e. The highest BCUT2D eigenvalue weighted by molar-refractivity contribution is 7.89. The maximum atomic E-state index is 14.1. The fourth-order valence-electron chi connectivity index (χ4n) is 4.62. The number of methoxy groups -OCH3 is 1. The van der Waals surface area contributed by atoms with Gasteiger partial charge in [-0.3, -0.25) is 0 Å². The zero-order chi connectivity index (χ0) is 23.8. The van der Waals surface area contributed by atoms with Crippen molar-refractivity contribution in [2.24, 2.45) is 0 Å². The lowest BCUT2D eigenvalue weighted by Gasteiger charge is -2.39. The van der Waals surface area contributed by atoms with Crippen molar-refractivity contribution in [3.63, 3.8) is 0 Å². The van der Waals surface area contributed by atoms with Crippen LogP contribution in [-0.2, 0) is 14.8 Å². The Bertz CT molecular complexity index is 1270. The van der Waals surface area contributed by atoms with Gasteiger partial charge in [-0.15, -0.1) is 0 Å². The number of carbonyl (C=O) groups is 1. The molecule has 1 aromatic heterocycles. The van der Waals surface area contributed by atoms with Crippen LogP contribution in [0.15, 0.2) is 47.5 Å².